The van der Waals surface area contributed by atoms with Crippen molar-refractivity contribution in [2.75, 3.05) is 6.61 Å². The molecule has 3 radical (unpaired) electrons. The maximum atomic E-state index is 11.2. The molecule has 0 saturated heterocycles. The number of benzene rings is 1. The third kappa shape index (κ3) is 2.59. The minimum Gasteiger partial charge on any atom is -0.540 e. The summed E-state index contributed by atoms with van der Waals surface area (Å²) < 4.78 is 9.57. The van der Waals surface area contributed by atoms with Gasteiger partial charge < -0.3 is 9.16 Å². The van der Waals surface area contributed by atoms with Crippen LogP contribution in [-0.4, -0.2) is 23.1 Å². The van der Waals surface area contributed by atoms with E-state index in [0.717, 1.165) is 0 Å². The molecule has 0 atom stereocenters. The first-order valence-corrected chi connectivity index (χ1v) is 4.29. The van der Waals surface area contributed by atoms with E-state index in [1.54, 1.807) is 31.2 Å². The molecule has 0 saturated carbocycles. The van der Waals surface area contributed by atoms with Gasteiger partial charge in [-0.3, -0.25) is 0 Å². The Hall–Kier alpha value is -1.29. The van der Waals surface area contributed by atoms with Crippen molar-refractivity contribution in [3.05, 3.63) is 29.8 Å². The molecule has 0 spiro atoms. The van der Waals surface area contributed by atoms with Gasteiger partial charge in [-0.05, 0) is 31.2 Å². The molecule has 0 aliphatic heterocycles. The van der Waals surface area contributed by atoms with Gasteiger partial charge in [0.2, 0.25) is 0 Å². The number of hydrogen-bond donors (Lipinski definition) is 0. The van der Waals surface area contributed by atoms with Crippen LogP contribution < -0.4 is 4.43 Å². The predicted molar refractivity (Wildman–Crippen MR) is 48.8 cm³/mol. The standard InChI is InChI=1S/C9H9O3Si/c1-2-11-9(10)7-3-5-8(12-13)6-4-7/h3-6H,2H2,1H3. The summed E-state index contributed by atoms with van der Waals surface area (Å²) in [6, 6.07) is 6.65. The van der Waals surface area contributed by atoms with Crippen LogP contribution in [0.15, 0.2) is 24.3 Å². The van der Waals surface area contributed by atoms with Crippen LogP contribution in [-0.2, 0) is 4.74 Å². The second-order valence-corrected chi connectivity index (χ2v) is 2.55. The average Bonchev–Trinajstić information content (AvgIpc) is 2.18. The molecule has 67 valence electrons. The van der Waals surface area contributed by atoms with E-state index in [0.29, 0.717) is 17.9 Å². The third-order valence-electron chi connectivity index (χ3n) is 1.48. The van der Waals surface area contributed by atoms with E-state index in [1.807, 2.05) is 0 Å². The zero-order valence-corrected chi connectivity index (χ0v) is 8.24. The summed E-state index contributed by atoms with van der Waals surface area (Å²) in [5.74, 6) is 0.327. The van der Waals surface area contributed by atoms with Crippen molar-refractivity contribution in [2.45, 2.75) is 6.92 Å². The zero-order chi connectivity index (χ0) is 9.68. The minimum absolute atomic E-state index is 0.317. The van der Waals surface area contributed by atoms with Gasteiger partial charge in [0, 0.05) is 0 Å². The average molecular weight is 193 g/mol. The van der Waals surface area contributed by atoms with Crippen LogP contribution >= 0.6 is 0 Å². The predicted octanol–water partition coefficient (Wildman–Crippen LogP) is 1.33. The van der Waals surface area contributed by atoms with Crippen LogP contribution in [0.3, 0.4) is 0 Å². The topological polar surface area (TPSA) is 35.5 Å². The van der Waals surface area contributed by atoms with Gasteiger partial charge in [-0.15, -0.1) is 0 Å². The van der Waals surface area contributed by atoms with Crippen molar-refractivity contribution in [3.8, 4) is 5.75 Å². The smallest absolute Gasteiger partial charge is 0.341 e. The highest BCUT2D eigenvalue weighted by Crippen LogP contribution is 2.11. The summed E-state index contributed by atoms with van der Waals surface area (Å²) in [6.07, 6.45) is 0. The summed E-state index contributed by atoms with van der Waals surface area (Å²) in [5.41, 5.74) is 0.523. The van der Waals surface area contributed by atoms with Crippen LogP contribution in [0.1, 0.15) is 17.3 Å². The monoisotopic (exact) mass is 193 g/mol. The zero-order valence-electron chi connectivity index (χ0n) is 7.24. The molecule has 0 bridgehead atoms. The van der Waals surface area contributed by atoms with Gasteiger partial charge in [-0.2, -0.15) is 0 Å². The van der Waals surface area contributed by atoms with E-state index < -0.39 is 0 Å². The van der Waals surface area contributed by atoms with Crippen LogP contribution in [0.25, 0.3) is 0 Å². The van der Waals surface area contributed by atoms with Gasteiger partial charge in [0.25, 0.3) is 0 Å². The molecule has 0 aliphatic carbocycles. The summed E-state index contributed by atoms with van der Waals surface area (Å²) in [6.45, 7) is 2.16. The number of rotatable bonds is 3. The molecule has 0 aromatic heterocycles. The minimum atomic E-state index is -0.317. The Morgan fingerprint density at radius 3 is 2.46 bits per heavy atom. The Morgan fingerprint density at radius 2 is 2.00 bits per heavy atom. The molecule has 1 rings (SSSR count). The lowest BCUT2D eigenvalue weighted by atomic mass is 10.2. The number of carbonyl (C=O) groups is 1. The molecule has 1 aromatic rings. The van der Waals surface area contributed by atoms with Gasteiger partial charge >= 0.3 is 16.5 Å². The fourth-order valence-electron chi connectivity index (χ4n) is 0.873. The molecule has 4 heteroatoms. The molecule has 0 heterocycles. The van der Waals surface area contributed by atoms with Crippen LogP contribution in [0.4, 0.5) is 0 Å². The van der Waals surface area contributed by atoms with Crippen LogP contribution in [0.2, 0.25) is 0 Å². The highest BCUT2D eigenvalue weighted by molar-refractivity contribution is 6.00. The van der Waals surface area contributed by atoms with E-state index in [9.17, 15) is 4.79 Å². The highest BCUT2D eigenvalue weighted by Gasteiger charge is 2.04. The fourth-order valence-corrected chi connectivity index (χ4v) is 1.01. The van der Waals surface area contributed by atoms with Crippen molar-refractivity contribution in [3.63, 3.8) is 0 Å². The number of carbonyl (C=O) groups excluding carboxylic acids is 1. The SMILES string of the molecule is CCOC(=O)c1ccc(O[Si])cc1. The molecule has 0 fully saturated rings. The second kappa shape index (κ2) is 4.66. The van der Waals surface area contributed by atoms with Crippen molar-refractivity contribution >= 4 is 16.5 Å². The van der Waals surface area contributed by atoms with Crippen molar-refractivity contribution in [2.24, 2.45) is 0 Å². The maximum absolute atomic E-state index is 11.2. The second-order valence-electron chi connectivity index (χ2n) is 2.35. The Labute approximate surface area is 80.2 Å². The van der Waals surface area contributed by atoms with E-state index in [-0.39, 0.29) is 5.97 Å². The lowest BCUT2D eigenvalue weighted by molar-refractivity contribution is 0.0526. The van der Waals surface area contributed by atoms with Gasteiger partial charge in [0.05, 0.1) is 12.2 Å². The van der Waals surface area contributed by atoms with E-state index in [1.165, 1.54) is 0 Å². The van der Waals surface area contributed by atoms with Gasteiger partial charge in [0.15, 0.2) is 0 Å². The molecule has 1 aromatic carbocycles. The molecule has 0 unspecified atom stereocenters. The van der Waals surface area contributed by atoms with Crippen LogP contribution in [0.5, 0.6) is 5.75 Å². The maximum Gasteiger partial charge on any atom is 0.341 e. The van der Waals surface area contributed by atoms with Gasteiger partial charge in [-0.25, -0.2) is 4.79 Å². The van der Waals surface area contributed by atoms with E-state index in [2.05, 4.69) is 10.5 Å². The van der Waals surface area contributed by atoms with E-state index in [4.69, 9.17) is 9.16 Å². The Morgan fingerprint density at radius 1 is 1.38 bits per heavy atom. The quantitative estimate of drug-likeness (QED) is 0.536. The summed E-state index contributed by atoms with van der Waals surface area (Å²) in [7, 11) is 2.88. The fraction of sp³-hybridized carbons (Fsp3) is 0.222. The third-order valence-corrected chi connectivity index (χ3v) is 1.72. The molecule has 0 aliphatic rings. The summed E-state index contributed by atoms with van der Waals surface area (Å²) >= 11 is 0. The summed E-state index contributed by atoms with van der Waals surface area (Å²) in [4.78, 5) is 11.2. The molecule has 3 nitrogen and oxygen atoms in total. The highest BCUT2D eigenvalue weighted by atomic mass is 28.2. The molecular formula is C9H9O3Si. The van der Waals surface area contributed by atoms with Gasteiger partial charge in [-0.1, -0.05) is 0 Å². The Kier molecular flexibility index (Phi) is 3.51. The normalized spacial score (nSPS) is 9.38. The van der Waals surface area contributed by atoms with Crippen molar-refractivity contribution < 1.29 is 14.0 Å². The molecule has 0 amide bonds. The first-order valence-electron chi connectivity index (χ1n) is 3.88. The largest absolute Gasteiger partial charge is 0.540 e. The molecule has 0 N–H and O–H groups in total. The lowest BCUT2D eigenvalue weighted by Crippen LogP contribution is -2.04. The van der Waals surface area contributed by atoms with Crippen molar-refractivity contribution in [1.29, 1.82) is 0 Å². The first kappa shape index (κ1) is 9.79. The molecular weight excluding hydrogens is 184 g/mol. The van der Waals surface area contributed by atoms with Crippen LogP contribution in [0, 0.1) is 0 Å². The number of esters is 1. The first-order chi connectivity index (χ1) is 6.27. The van der Waals surface area contributed by atoms with E-state index >= 15 is 0 Å². The Balaban J connectivity index is 2.74. The lowest BCUT2D eigenvalue weighted by Gasteiger charge is -2.02. The number of hydrogen-bond acceptors (Lipinski definition) is 3. The molecule has 13 heavy (non-hydrogen) atoms. The Bertz CT molecular complexity index is 281. The number of ether oxygens (including phenoxy) is 1. The van der Waals surface area contributed by atoms with Gasteiger partial charge in [0.1, 0.15) is 5.75 Å². The van der Waals surface area contributed by atoms with Crippen molar-refractivity contribution in [1.82, 2.24) is 0 Å². The summed E-state index contributed by atoms with van der Waals surface area (Å²) in [5, 5.41) is 0.